The van der Waals surface area contributed by atoms with Gasteiger partial charge in [0.1, 0.15) is 10.7 Å². The van der Waals surface area contributed by atoms with Gasteiger partial charge in [-0.15, -0.1) is 11.3 Å². The third kappa shape index (κ3) is 2.41. The molecule has 0 unspecified atom stereocenters. The van der Waals surface area contributed by atoms with E-state index in [4.69, 9.17) is 9.97 Å². The van der Waals surface area contributed by atoms with Crippen LogP contribution in [0.2, 0.25) is 0 Å². The van der Waals surface area contributed by atoms with E-state index in [1.807, 2.05) is 11.3 Å². The number of nitrogens with zero attached hydrogens (tertiary/aromatic N) is 2. The molecule has 0 fully saturated rings. The van der Waals surface area contributed by atoms with Gasteiger partial charge >= 0.3 is 0 Å². The van der Waals surface area contributed by atoms with Gasteiger partial charge in [-0.3, -0.25) is 0 Å². The first-order valence-electron chi connectivity index (χ1n) is 6.71. The molecule has 0 aliphatic heterocycles. The highest BCUT2D eigenvalue weighted by Gasteiger charge is 2.16. The Hall–Kier alpha value is -0.960. The Morgan fingerprint density at radius 3 is 2.06 bits per heavy atom. The van der Waals surface area contributed by atoms with Crippen molar-refractivity contribution >= 4 is 21.6 Å². The smallest absolute Gasteiger partial charge is 0.132 e. The zero-order valence-electron chi connectivity index (χ0n) is 12.1. The summed E-state index contributed by atoms with van der Waals surface area (Å²) in [7, 11) is 0. The first kappa shape index (κ1) is 13.5. The lowest BCUT2D eigenvalue weighted by Gasteiger charge is -2.10. The zero-order valence-corrected chi connectivity index (χ0v) is 12.9. The summed E-state index contributed by atoms with van der Waals surface area (Å²) < 4.78 is 0. The normalized spacial score (nSPS) is 12.3. The molecular weight excluding hydrogens is 240 g/mol. The Kier molecular flexibility index (Phi) is 3.71. The highest BCUT2D eigenvalue weighted by Crippen LogP contribution is 2.34. The van der Waals surface area contributed by atoms with Crippen LogP contribution in [-0.2, 0) is 0 Å². The molecule has 0 amide bonds. The second-order valence-electron chi connectivity index (χ2n) is 5.80. The number of hydrogen-bond donors (Lipinski definition) is 0. The quantitative estimate of drug-likeness (QED) is 0.772. The molecule has 0 spiro atoms. The Morgan fingerprint density at radius 2 is 1.56 bits per heavy atom. The second kappa shape index (κ2) is 4.96. The summed E-state index contributed by atoms with van der Waals surface area (Å²) in [5.41, 5.74) is 1.20. The molecule has 3 heteroatoms. The lowest BCUT2D eigenvalue weighted by molar-refractivity contribution is 0.744. The van der Waals surface area contributed by atoms with Crippen LogP contribution in [0.15, 0.2) is 6.07 Å². The van der Waals surface area contributed by atoms with Crippen LogP contribution in [0.1, 0.15) is 75.7 Å². The molecule has 0 aromatic carbocycles. The molecule has 2 aromatic rings. The molecule has 2 heterocycles. The van der Waals surface area contributed by atoms with Gasteiger partial charge in [0.2, 0.25) is 0 Å². The average Bonchev–Trinajstić information content (AvgIpc) is 2.70. The van der Waals surface area contributed by atoms with Gasteiger partial charge in [-0.1, -0.05) is 41.5 Å². The molecule has 0 aliphatic rings. The van der Waals surface area contributed by atoms with Crippen LogP contribution in [0.4, 0.5) is 0 Å². The van der Waals surface area contributed by atoms with Crippen molar-refractivity contribution in [1.29, 1.82) is 0 Å². The zero-order chi connectivity index (χ0) is 13.4. The van der Waals surface area contributed by atoms with Crippen LogP contribution < -0.4 is 0 Å². The van der Waals surface area contributed by atoms with Crippen molar-refractivity contribution in [1.82, 2.24) is 9.97 Å². The van der Waals surface area contributed by atoms with Crippen LogP contribution in [0.3, 0.4) is 0 Å². The molecule has 98 valence electrons. The lowest BCUT2D eigenvalue weighted by Crippen LogP contribution is -2.02. The van der Waals surface area contributed by atoms with Gasteiger partial charge in [0.05, 0.1) is 5.69 Å². The van der Waals surface area contributed by atoms with Crippen LogP contribution in [0, 0.1) is 0 Å². The van der Waals surface area contributed by atoms with E-state index >= 15 is 0 Å². The average molecular weight is 262 g/mol. The molecule has 0 N–H and O–H groups in total. The van der Waals surface area contributed by atoms with Crippen molar-refractivity contribution in [3.63, 3.8) is 0 Å². The molecule has 2 aromatic heterocycles. The van der Waals surface area contributed by atoms with Crippen molar-refractivity contribution in [2.45, 2.75) is 59.3 Å². The van der Waals surface area contributed by atoms with Gasteiger partial charge in [-0.25, -0.2) is 9.97 Å². The maximum absolute atomic E-state index is 4.77. The third-order valence-electron chi connectivity index (χ3n) is 3.09. The van der Waals surface area contributed by atoms with E-state index in [0.717, 1.165) is 10.7 Å². The van der Waals surface area contributed by atoms with E-state index in [-0.39, 0.29) is 0 Å². The van der Waals surface area contributed by atoms with E-state index in [9.17, 15) is 0 Å². The summed E-state index contributed by atoms with van der Waals surface area (Å²) in [5.74, 6) is 2.37. The summed E-state index contributed by atoms with van der Waals surface area (Å²) in [5, 5.41) is 1.25. The van der Waals surface area contributed by atoms with Crippen LogP contribution in [0.25, 0.3) is 10.2 Å². The van der Waals surface area contributed by atoms with Crippen molar-refractivity contribution in [2.24, 2.45) is 0 Å². The predicted octanol–water partition coefficient (Wildman–Crippen LogP) is 5.06. The molecule has 0 saturated carbocycles. The van der Waals surface area contributed by atoms with E-state index in [1.54, 1.807) is 0 Å². The Balaban J connectivity index is 2.69. The van der Waals surface area contributed by atoms with E-state index in [0.29, 0.717) is 17.8 Å². The largest absolute Gasteiger partial charge is 0.237 e. The summed E-state index contributed by atoms with van der Waals surface area (Å²) in [6.45, 7) is 13.2. The van der Waals surface area contributed by atoms with Crippen molar-refractivity contribution in [3.05, 3.63) is 22.5 Å². The fourth-order valence-corrected chi connectivity index (χ4v) is 3.01. The molecule has 2 rings (SSSR count). The van der Waals surface area contributed by atoms with Crippen LogP contribution in [-0.4, -0.2) is 9.97 Å². The fourth-order valence-electron chi connectivity index (χ4n) is 1.96. The molecule has 0 saturated heterocycles. The van der Waals surface area contributed by atoms with E-state index in [2.05, 4.69) is 47.6 Å². The summed E-state index contributed by atoms with van der Waals surface area (Å²) >= 11 is 1.82. The number of hydrogen-bond acceptors (Lipinski definition) is 3. The molecule has 0 radical (unpaired) electrons. The van der Waals surface area contributed by atoms with Gasteiger partial charge in [0.25, 0.3) is 0 Å². The van der Waals surface area contributed by atoms with E-state index < -0.39 is 0 Å². The predicted molar refractivity (Wildman–Crippen MR) is 79.7 cm³/mol. The Labute approximate surface area is 113 Å². The summed E-state index contributed by atoms with van der Waals surface area (Å²) in [6.07, 6.45) is 0. The lowest BCUT2D eigenvalue weighted by atomic mass is 10.0. The molecular formula is C15H22N2S. The summed E-state index contributed by atoms with van der Waals surface area (Å²) in [6, 6.07) is 2.28. The van der Waals surface area contributed by atoms with Gasteiger partial charge < -0.3 is 0 Å². The van der Waals surface area contributed by atoms with E-state index in [1.165, 1.54) is 16.0 Å². The topological polar surface area (TPSA) is 25.8 Å². The first-order valence-corrected chi connectivity index (χ1v) is 7.53. The fraction of sp³-hybridized carbons (Fsp3) is 0.600. The maximum Gasteiger partial charge on any atom is 0.132 e. The SMILES string of the molecule is CC(C)c1nc(C(C)C)c2cc(C(C)C)sc2n1. The van der Waals surface area contributed by atoms with Crippen molar-refractivity contribution in [2.75, 3.05) is 0 Å². The van der Waals surface area contributed by atoms with Gasteiger partial charge in [-0.2, -0.15) is 0 Å². The second-order valence-corrected chi connectivity index (χ2v) is 6.86. The Bertz CT molecular complexity index is 553. The molecule has 18 heavy (non-hydrogen) atoms. The van der Waals surface area contributed by atoms with Gasteiger partial charge in [0.15, 0.2) is 0 Å². The van der Waals surface area contributed by atoms with Crippen LogP contribution in [0.5, 0.6) is 0 Å². The number of rotatable bonds is 3. The highest BCUT2D eigenvalue weighted by molar-refractivity contribution is 7.18. The molecule has 0 atom stereocenters. The third-order valence-corrected chi connectivity index (χ3v) is 4.42. The molecule has 0 aliphatic carbocycles. The molecule has 2 nitrogen and oxygen atoms in total. The summed E-state index contributed by atoms with van der Waals surface area (Å²) in [4.78, 5) is 12.1. The number of thiophene rings is 1. The minimum Gasteiger partial charge on any atom is -0.237 e. The Morgan fingerprint density at radius 1 is 0.889 bits per heavy atom. The maximum atomic E-state index is 4.77. The van der Waals surface area contributed by atoms with Crippen molar-refractivity contribution in [3.8, 4) is 0 Å². The van der Waals surface area contributed by atoms with Gasteiger partial charge in [-0.05, 0) is 17.9 Å². The van der Waals surface area contributed by atoms with Crippen LogP contribution >= 0.6 is 11.3 Å². The van der Waals surface area contributed by atoms with Crippen molar-refractivity contribution < 1.29 is 0 Å². The minimum absolute atomic E-state index is 0.386. The highest BCUT2D eigenvalue weighted by atomic mass is 32.1. The van der Waals surface area contributed by atoms with Gasteiger partial charge in [0, 0.05) is 16.2 Å². The molecule has 0 bridgehead atoms. The number of aromatic nitrogens is 2. The standard InChI is InChI=1S/C15H22N2S/c1-8(2)12-7-11-13(9(3)4)16-14(10(5)6)17-15(11)18-12/h7-10H,1-6H3. The number of fused-ring (bicyclic) bond motifs is 1. The first-order chi connectivity index (χ1) is 8.40. The minimum atomic E-state index is 0.386. The monoisotopic (exact) mass is 262 g/mol.